The van der Waals surface area contributed by atoms with Crippen LogP contribution in [0.5, 0.6) is 5.75 Å². The minimum absolute atomic E-state index is 0.117. The van der Waals surface area contributed by atoms with E-state index >= 15 is 0 Å². The highest BCUT2D eigenvalue weighted by Gasteiger charge is 2.80. The van der Waals surface area contributed by atoms with E-state index in [1.165, 1.54) is 4.90 Å². The predicted molar refractivity (Wildman–Crippen MR) is 160 cm³/mol. The highest BCUT2D eigenvalue weighted by Crippen LogP contribution is 2.65. The molecule has 3 unspecified atom stereocenters. The topological polar surface area (TPSA) is 106 Å². The molecule has 3 aliphatic heterocycles. The summed E-state index contributed by atoms with van der Waals surface area (Å²) >= 11 is 0. The Labute approximate surface area is 249 Å². The lowest BCUT2D eigenvalue weighted by atomic mass is 9.62. The van der Waals surface area contributed by atoms with Crippen molar-refractivity contribution in [3.05, 3.63) is 49.6 Å². The molecule has 1 aromatic carbocycles. The zero-order valence-electron chi connectivity index (χ0n) is 25.6. The average molecular weight is 583 g/mol. The second-order valence-electron chi connectivity index (χ2n) is 12.4. The number of amides is 2. The number of unbranched alkanes of at least 4 members (excludes halogenated alkanes) is 1. The van der Waals surface area contributed by atoms with Gasteiger partial charge in [0.1, 0.15) is 23.3 Å². The third kappa shape index (κ3) is 5.26. The fourth-order valence-electron chi connectivity index (χ4n) is 7.38. The van der Waals surface area contributed by atoms with Crippen molar-refractivity contribution in [1.29, 1.82) is 0 Å². The highest BCUT2D eigenvalue weighted by molar-refractivity contribution is 6.05. The molecule has 230 valence electrons. The van der Waals surface area contributed by atoms with Gasteiger partial charge in [-0.15, -0.1) is 13.2 Å². The third-order valence-electron chi connectivity index (χ3n) is 9.35. The molecule has 4 rings (SSSR count). The van der Waals surface area contributed by atoms with Crippen LogP contribution in [-0.2, 0) is 23.9 Å². The van der Waals surface area contributed by atoms with Crippen molar-refractivity contribution in [3.8, 4) is 5.75 Å². The number of esters is 1. The van der Waals surface area contributed by atoms with Crippen molar-refractivity contribution in [2.24, 2.45) is 23.7 Å². The standard InChI is InChI=1S/C33H46N2O7/c1-8-10-11-17-41-31(39)27-26-29(37)35(24(20-36)18-21(3)4)28(33(26)19-22(5)32(27,6)42-33)30(38)34(16-9-2)23-12-14-25(40-7)15-13-23/h8-9,12-15,21-22,24,26-28,36H,1-2,10-11,16-20H2,3-7H3/t22?,24-,26+,27+,28?,32-,33?/m1/s1. The molecular weight excluding hydrogens is 536 g/mol. The van der Waals surface area contributed by atoms with Crippen molar-refractivity contribution in [2.45, 2.75) is 76.7 Å². The van der Waals surface area contributed by atoms with E-state index in [4.69, 9.17) is 14.2 Å². The molecule has 3 aliphatic rings. The SMILES string of the molecule is C=CCCCOC(=O)[C@@H]1[C@H]2C(=O)N([C@@H](CO)CC(C)C)C(C(=O)N(CC=C)c3ccc(OC)cc3)C23CC(C)[C@@]1(C)O3. The van der Waals surface area contributed by atoms with Gasteiger partial charge in [0.05, 0.1) is 37.9 Å². The normalized spacial score (nSPS) is 30.3. The Morgan fingerprint density at radius 1 is 1.24 bits per heavy atom. The number of methoxy groups -OCH3 is 1. The van der Waals surface area contributed by atoms with Crippen molar-refractivity contribution in [1.82, 2.24) is 4.90 Å². The summed E-state index contributed by atoms with van der Waals surface area (Å²) in [6.45, 7) is 15.6. The van der Waals surface area contributed by atoms with Gasteiger partial charge in [-0.25, -0.2) is 0 Å². The quantitative estimate of drug-likeness (QED) is 0.200. The molecule has 1 aromatic rings. The Balaban J connectivity index is 1.82. The van der Waals surface area contributed by atoms with Gasteiger partial charge in [0, 0.05) is 12.2 Å². The molecule has 9 nitrogen and oxygen atoms in total. The highest BCUT2D eigenvalue weighted by atomic mass is 16.6. The molecule has 0 aromatic heterocycles. The lowest BCUT2D eigenvalue weighted by Crippen LogP contribution is -2.59. The van der Waals surface area contributed by atoms with Crippen LogP contribution in [0.25, 0.3) is 0 Å². The fraction of sp³-hybridized carbons (Fsp3) is 0.606. The number of hydrogen-bond acceptors (Lipinski definition) is 7. The van der Waals surface area contributed by atoms with Crippen molar-refractivity contribution >= 4 is 23.5 Å². The van der Waals surface area contributed by atoms with Crippen LogP contribution in [0.1, 0.15) is 53.4 Å². The zero-order chi connectivity index (χ0) is 30.8. The number of anilines is 1. The molecule has 1 spiro atoms. The van der Waals surface area contributed by atoms with E-state index in [1.807, 2.05) is 27.7 Å². The van der Waals surface area contributed by atoms with Gasteiger partial charge in [-0.3, -0.25) is 14.4 Å². The summed E-state index contributed by atoms with van der Waals surface area (Å²) in [5, 5.41) is 10.6. The summed E-state index contributed by atoms with van der Waals surface area (Å²) in [6.07, 6.45) is 5.65. The first kappa shape index (κ1) is 31.8. The number of aliphatic hydroxyl groups is 1. The molecule has 0 saturated carbocycles. The van der Waals surface area contributed by atoms with Gasteiger partial charge in [0.25, 0.3) is 5.91 Å². The Morgan fingerprint density at radius 2 is 1.93 bits per heavy atom. The summed E-state index contributed by atoms with van der Waals surface area (Å²) in [7, 11) is 1.57. The first-order valence-corrected chi connectivity index (χ1v) is 15.0. The van der Waals surface area contributed by atoms with Crippen LogP contribution in [-0.4, -0.2) is 77.9 Å². The molecule has 2 bridgehead atoms. The molecule has 7 atom stereocenters. The van der Waals surface area contributed by atoms with E-state index in [2.05, 4.69) is 13.2 Å². The van der Waals surface area contributed by atoms with E-state index in [-0.39, 0.29) is 43.4 Å². The number of nitrogens with zero attached hydrogens (tertiary/aromatic N) is 2. The zero-order valence-corrected chi connectivity index (χ0v) is 25.6. The van der Waals surface area contributed by atoms with Crippen LogP contribution in [0.4, 0.5) is 5.69 Å². The average Bonchev–Trinajstić information content (AvgIpc) is 3.48. The fourth-order valence-corrected chi connectivity index (χ4v) is 7.38. The van der Waals surface area contributed by atoms with Gasteiger partial charge in [-0.05, 0) is 68.7 Å². The number of benzene rings is 1. The maximum Gasteiger partial charge on any atom is 0.312 e. The molecular formula is C33H46N2O7. The number of hydrogen-bond donors (Lipinski definition) is 1. The predicted octanol–water partition coefficient (Wildman–Crippen LogP) is 4.14. The minimum Gasteiger partial charge on any atom is -0.497 e. The van der Waals surface area contributed by atoms with Crippen LogP contribution in [0.3, 0.4) is 0 Å². The van der Waals surface area contributed by atoms with Gasteiger partial charge < -0.3 is 29.1 Å². The van der Waals surface area contributed by atoms with E-state index in [0.717, 1.165) is 0 Å². The molecule has 3 heterocycles. The number of allylic oxidation sites excluding steroid dienone is 1. The largest absolute Gasteiger partial charge is 0.497 e. The van der Waals surface area contributed by atoms with Gasteiger partial charge in [0.2, 0.25) is 5.91 Å². The molecule has 0 radical (unpaired) electrons. The van der Waals surface area contributed by atoms with Gasteiger partial charge in [-0.1, -0.05) is 32.9 Å². The summed E-state index contributed by atoms with van der Waals surface area (Å²) in [5.74, 6) is -2.26. The second-order valence-corrected chi connectivity index (χ2v) is 12.4. The van der Waals surface area contributed by atoms with Gasteiger partial charge in [-0.2, -0.15) is 0 Å². The molecule has 3 saturated heterocycles. The van der Waals surface area contributed by atoms with E-state index in [0.29, 0.717) is 37.1 Å². The summed E-state index contributed by atoms with van der Waals surface area (Å²) in [6, 6.07) is 5.44. The number of carbonyl (C=O) groups excluding carboxylic acids is 3. The Kier molecular flexibility index (Phi) is 9.52. The number of aliphatic hydroxyl groups excluding tert-OH is 1. The van der Waals surface area contributed by atoms with Crippen LogP contribution in [0, 0.1) is 23.7 Å². The van der Waals surface area contributed by atoms with E-state index in [9.17, 15) is 19.5 Å². The first-order chi connectivity index (χ1) is 20.0. The molecule has 9 heteroatoms. The molecule has 1 N–H and O–H groups in total. The summed E-state index contributed by atoms with van der Waals surface area (Å²) in [4.78, 5) is 46.1. The number of fused-ring (bicyclic) bond motifs is 1. The first-order valence-electron chi connectivity index (χ1n) is 15.0. The lowest BCUT2D eigenvalue weighted by Gasteiger charge is -2.40. The Morgan fingerprint density at radius 3 is 2.50 bits per heavy atom. The van der Waals surface area contributed by atoms with Crippen molar-refractivity contribution in [3.63, 3.8) is 0 Å². The Bertz CT molecular complexity index is 1180. The molecule has 42 heavy (non-hydrogen) atoms. The minimum atomic E-state index is -1.25. The van der Waals surface area contributed by atoms with Crippen LogP contribution >= 0.6 is 0 Å². The monoisotopic (exact) mass is 582 g/mol. The van der Waals surface area contributed by atoms with Crippen molar-refractivity contribution in [2.75, 3.05) is 31.8 Å². The summed E-state index contributed by atoms with van der Waals surface area (Å²) in [5.41, 5.74) is -1.61. The maximum absolute atomic E-state index is 14.8. The molecule has 3 fully saturated rings. The second kappa shape index (κ2) is 12.6. The van der Waals surface area contributed by atoms with Gasteiger partial charge in [0.15, 0.2) is 0 Å². The summed E-state index contributed by atoms with van der Waals surface area (Å²) < 4.78 is 17.8. The third-order valence-corrected chi connectivity index (χ3v) is 9.35. The van der Waals surface area contributed by atoms with Crippen LogP contribution < -0.4 is 9.64 Å². The molecule has 0 aliphatic carbocycles. The van der Waals surface area contributed by atoms with Crippen LogP contribution in [0.2, 0.25) is 0 Å². The number of rotatable bonds is 14. The van der Waals surface area contributed by atoms with E-state index < -0.39 is 41.1 Å². The number of ether oxygens (including phenoxy) is 3. The Hall–Kier alpha value is -3.17. The number of likely N-dealkylation sites (tertiary alicyclic amines) is 1. The lowest BCUT2D eigenvalue weighted by molar-refractivity contribution is -0.162. The van der Waals surface area contributed by atoms with Gasteiger partial charge >= 0.3 is 5.97 Å². The maximum atomic E-state index is 14.8. The smallest absolute Gasteiger partial charge is 0.312 e. The van der Waals surface area contributed by atoms with Crippen LogP contribution in [0.15, 0.2) is 49.6 Å². The van der Waals surface area contributed by atoms with Crippen molar-refractivity contribution < 1.29 is 33.7 Å². The van der Waals surface area contributed by atoms with E-state index in [1.54, 1.807) is 48.4 Å². The number of carbonyl (C=O) groups is 3. The molecule has 2 amide bonds.